The molecule has 0 aliphatic heterocycles. The molecule has 0 heterocycles. The van der Waals surface area contributed by atoms with Crippen molar-refractivity contribution in [3.8, 4) is 6.07 Å². The Morgan fingerprint density at radius 1 is 1.25 bits per heavy atom. The topological polar surface area (TPSA) is 78.9 Å². The molecule has 2 aromatic rings. The van der Waals surface area contributed by atoms with Crippen LogP contribution in [0.3, 0.4) is 0 Å². The molecule has 4 nitrogen and oxygen atoms in total. The third-order valence-corrected chi connectivity index (χ3v) is 3.12. The number of hydrogen-bond acceptors (Lipinski definition) is 3. The molecule has 0 fully saturated rings. The van der Waals surface area contributed by atoms with E-state index in [1.165, 1.54) is 0 Å². The summed E-state index contributed by atoms with van der Waals surface area (Å²) < 4.78 is 0. The summed E-state index contributed by atoms with van der Waals surface area (Å²) in [5.41, 5.74) is 7.89. The molecule has 0 aliphatic carbocycles. The van der Waals surface area contributed by atoms with E-state index >= 15 is 0 Å². The van der Waals surface area contributed by atoms with Crippen molar-refractivity contribution >= 4 is 28.9 Å². The number of hydrogen-bond donors (Lipinski definition) is 2. The van der Waals surface area contributed by atoms with E-state index in [9.17, 15) is 4.79 Å². The first-order valence-corrected chi connectivity index (χ1v) is 6.31. The molecule has 2 rings (SSSR count). The van der Waals surface area contributed by atoms with Crippen LogP contribution in [-0.4, -0.2) is 5.91 Å². The van der Waals surface area contributed by atoms with Crippen LogP contribution in [0.15, 0.2) is 42.5 Å². The predicted molar refractivity (Wildman–Crippen MR) is 79.6 cm³/mol. The lowest BCUT2D eigenvalue weighted by molar-refractivity contribution is 0.102. The molecule has 0 atom stereocenters. The molecule has 0 unspecified atom stereocenters. The fourth-order valence-corrected chi connectivity index (χ4v) is 1.91. The third-order valence-electron chi connectivity index (χ3n) is 2.79. The Morgan fingerprint density at radius 3 is 2.60 bits per heavy atom. The highest BCUT2D eigenvalue weighted by Crippen LogP contribution is 2.23. The Kier molecular flexibility index (Phi) is 4.24. The lowest BCUT2D eigenvalue weighted by Gasteiger charge is -2.08. The second-order valence-electron chi connectivity index (χ2n) is 4.19. The van der Waals surface area contributed by atoms with E-state index in [-0.39, 0.29) is 11.6 Å². The van der Waals surface area contributed by atoms with E-state index in [0.29, 0.717) is 22.7 Å². The van der Waals surface area contributed by atoms with Gasteiger partial charge >= 0.3 is 0 Å². The molecule has 0 aromatic heterocycles. The first kappa shape index (κ1) is 13.9. The van der Waals surface area contributed by atoms with Crippen molar-refractivity contribution in [1.29, 1.82) is 5.26 Å². The number of nitrogen functional groups attached to an aromatic ring is 1. The van der Waals surface area contributed by atoms with Crippen LogP contribution in [0.4, 0.5) is 11.4 Å². The number of carbonyl (C=O) groups excluding carboxylic acids is 1. The largest absolute Gasteiger partial charge is 0.397 e. The standard InChI is InChI=1S/C15H12ClN3O/c16-13-3-1-2-12(14(13)18)15(20)19-11-6-4-10(5-7-11)8-9-17/h1-7H,8,18H2,(H,19,20). The number of carbonyl (C=O) groups is 1. The second-order valence-corrected chi connectivity index (χ2v) is 4.59. The monoisotopic (exact) mass is 285 g/mol. The molecule has 1 amide bonds. The number of nitrogens with one attached hydrogen (secondary N) is 1. The third kappa shape index (κ3) is 3.08. The Balaban J connectivity index is 2.15. The Bertz CT molecular complexity index is 675. The molecule has 0 spiro atoms. The van der Waals surface area contributed by atoms with Gasteiger partial charge in [-0.2, -0.15) is 5.26 Å². The molecule has 0 saturated carbocycles. The van der Waals surface area contributed by atoms with Crippen LogP contribution in [0.5, 0.6) is 0 Å². The van der Waals surface area contributed by atoms with E-state index < -0.39 is 0 Å². The lowest BCUT2D eigenvalue weighted by atomic mass is 10.1. The van der Waals surface area contributed by atoms with Crippen molar-refractivity contribution < 1.29 is 4.79 Å². The van der Waals surface area contributed by atoms with Gasteiger partial charge in [0.05, 0.1) is 28.8 Å². The number of para-hydroxylation sites is 1. The van der Waals surface area contributed by atoms with Gasteiger partial charge in [0.1, 0.15) is 0 Å². The Morgan fingerprint density at radius 2 is 1.95 bits per heavy atom. The molecule has 0 saturated heterocycles. The number of halogens is 1. The van der Waals surface area contributed by atoms with E-state index in [1.807, 2.05) is 0 Å². The highest BCUT2D eigenvalue weighted by atomic mass is 35.5. The molecule has 0 bridgehead atoms. The van der Waals surface area contributed by atoms with Gasteiger partial charge < -0.3 is 11.1 Å². The van der Waals surface area contributed by atoms with E-state index in [1.54, 1.807) is 42.5 Å². The molecule has 100 valence electrons. The fourth-order valence-electron chi connectivity index (χ4n) is 1.73. The van der Waals surface area contributed by atoms with E-state index in [0.717, 1.165) is 5.56 Å². The summed E-state index contributed by atoms with van der Waals surface area (Å²) in [7, 11) is 0. The van der Waals surface area contributed by atoms with Gasteiger partial charge in [-0.3, -0.25) is 4.79 Å². The number of nitriles is 1. The summed E-state index contributed by atoms with van der Waals surface area (Å²) >= 11 is 5.88. The molecule has 20 heavy (non-hydrogen) atoms. The SMILES string of the molecule is N#CCc1ccc(NC(=O)c2cccc(Cl)c2N)cc1. The first-order chi connectivity index (χ1) is 9.61. The predicted octanol–water partition coefficient (Wildman–Crippen LogP) is 3.24. The van der Waals surface area contributed by atoms with Crippen molar-refractivity contribution in [3.63, 3.8) is 0 Å². The van der Waals surface area contributed by atoms with Crippen LogP contribution in [0.1, 0.15) is 15.9 Å². The fraction of sp³-hybridized carbons (Fsp3) is 0.0667. The van der Waals surface area contributed by atoms with Gasteiger partial charge in [-0.25, -0.2) is 0 Å². The van der Waals surface area contributed by atoms with Crippen LogP contribution in [0.2, 0.25) is 5.02 Å². The van der Waals surface area contributed by atoms with Gasteiger partial charge in [-0.1, -0.05) is 29.8 Å². The highest BCUT2D eigenvalue weighted by molar-refractivity contribution is 6.34. The van der Waals surface area contributed by atoms with Gasteiger partial charge in [0.2, 0.25) is 0 Å². The minimum atomic E-state index is -0.321. The normalized spacial score (nSPS) is 9.80. The first-order valence-electron chi connectivity index (χ1n) is 5.93. The molecular formula is C15H12ClN3O. The zero-order chi connectivity index (χ0) is 14.5. The van der Waals surface area contributed by atoms with E-state index in [4.69, 9.17) is 22.6 Å². The molecule has 3 N–H and O–H groups in total. The molecular weight excluding hydrogens is 274 g/mol. The van der Waals surface area contributed by atoms with Crippen molar-refractivity contribution in [1.82, 2.24) is 0 Å². The lowest BCUT2D eigenvalue weighted by Crippen LogP contribution is -2.14. The van der Waals surface area contributed by atoms with Gasteiger partial charge in [0.15, 0.2) is 0 Å². The van der Waals surface area contributed by atoms with Crippen molar-refractivity contribution in [3.05, 3.63) is 58.6 Å². The second kappa shape index (κ2) is 6.09. The quantitative estimate of drug-likeness (QED) is 0.850. The molecule has 2 aromatic carbocycles. The van der Waals surface area contributed by atoms with Gasteiger partial charge in [0.25, 0.3) is 5.91 Å². The minimum absolute atomic E-state index is 0.257. The smallest absolute Gasteiger partial charge is 0.257 e. The average Bonchev–Trinajstić information content (AvgIpc) is 2.44. The van der Waals surface area contributed by atoms with Gasteiger partial charge in [-0.05, 0) is 29.8 Å². The summed E-state index contributed by atoms with van der Waals surface area (Å²) in [6.07, 6.45) is 0.343. The van der Waals surface area contributed by atoms with Crippen LogP contribution in [0, 0.1) is 11.3 Å². The summed E-state index contributed by atoms with van der Waals surface area (Å²) in [5.74, 6) is -0.321. The number of benzene rings is 2. The van der Waals surface area contributed by atoms with Gasteiger partial charge in [-0.15, -0.1) is 0 Å². The van der Waals surface area contributed by atoms with Crippen LogP contribution >= 0.6 is 11.6 Å². The number of amides is 1. The van der Waals surface area contributed by atoms with Crippen molar-refractivity contribution in [2.45, 2.75) is 6.42 Å². The number of nitrogens with zero attached hydrogens (tertiary/aromatic N) is 1. The number of anilines is 2. The summed E-state index contributed by atoms with van der Waals surface area (Å²) in [4.78, 5) is 12.1. The minimum Gasteiger partial charge on any atom is -0.397 e. The van der Waals surface area contributed by atoms with Crippen molar-refractivity contribution in [2.24, 2.45) is 0 Å². The maximum Gasteiger partial charge on any atom is 0.257 e. The molecule has 0 aliphatic rings. The summed E-state index contributed by atoms with van der Waals surface area (Å²) in [6, 6.07) is 14.0. The Hall–Kier alpha value is -2.51. The zero-order valence-electron chi connectivity index (χ0n) is 10.6. The maximum absolute atomic E-state index is 12.1. The van der Waals surface area contributed by atoms with E-state index in [2.05, 4.69) is 11.4 Å². The molecule has 5 heteroatoms. The van der Waals surface area contributed by atoms with Crippen LogP contribution in [0.25, 0.3) is 0 Å². The van der Waals surface area contributed by atoms with Crippen LogP contribution in [-0.2, 0) is 6.42 Å². The Labute approximate surface area is 121 Å². The number of rotatable bonds is 3. The highest BCUT2D eigenvalue weighted by Gasteiger charge is 2.11. The number of nitrogens with two attached hydrogens (primary N) is 1. The summed E-state index contributed by atoms with van der Waals surface area (Å²) in [5, 5.41) is 11.7. The molecule has 0 radical (unpaired) electrons. The summed E-state index contributed by atoms with van der Waals surface area (Å²) in [6.45, 7) is 0. The van der Waals surface area contributed by atoms with Crippen LogP contribution < -0.4 is 11.1 Å². The zero-order valence-corrected chi connectivity index (χ0v) is 11.3. The van der Waals surface area contributed by atoms with Crippen molar-refractivity contribution in [2.75, 3.05) is 11.1 Å². The van der Waals surface area contributed by atoms with Gasteiger partial charge in [0, 0.05) is 5.69 Å². The average molecular weight is 286 g/mol. The maximum atomic E-state index is 12.1.